The first-order chi connectivity index (χ1) is 8.00. The van der Waals surface area contributed by atoms with Gasteiger partial charge in [-0.05, 0) is 30.4 Å². The molecule has 1 aliphatic rings. The van der Waals surface area contributed by atoms with E-state index >= 15 is 0 Å². The van der Waals surface area contributed by atoms with E-state index in [-0.39, 0.29) is 5.92 Å². The Hall–Kier alpha value is -1.07. The maximum Gasteiger partial charge on any atom is 0.177 e. The summed E-state index contributed by atoms with van der Waals surface area (Å²) >= 11 is 0. The Labute approximate surface area is 102 Å². The number of nitrogens with two attached hydrogens (primary N) is 1. The summed E-state index contributed by atoms with van der Waals surface area (Å²) in [6.45, 7) is 1.37. The monoisotopic (exact) mass is 255 g/mol. The summed E-state index contributed by atoms with van der Waals surface area (Å²) in [6.07, 6.45) is 2.92. The quantitative estimate of drug-likeness (QED) is 0.814. The number of benzene rings is 1. The standard InChI is InChI=1S/C12H17NO3S/c1-17(14,15)12-10(3-2-4-11(12)13)9-5-7-16-8-6-9/h2-4,9H,5-8,13H2,1H3. The van der Waals surface area contributed by atoms with Crippen molar-refractivity contribution in [1.29, 1.82) is 0 Å². The third-order valence-electron chi connectivity index (χ3n) is 3.11. The Morgan fingerprint density at radius 2 is 1.94 bits per heavy atom. The molecule has 0 saturated carbocycles. The zero-order valence-electron chi connectivity index (χ0n) is 9.85. The van der Waals surface area contributed by atoms with Crippen molar-refractivity contribution in [3.63, 3.8) is 0 Å². The van der Waals surface area contributed by atoms with Gasteiger partial charge in [-0.1, -0.05) is 12.1 Å². The molecule has 17 heavy (non-hydrogen) atoms. The molecular formula is C12H17NO3S. The van der Waals surface area contributed by atoms with Crippen LogP contribution in [-0.4, -0.2) is 27.9 Å². The van der Waals surface area contributed by atoms with Crippen LogP contribution >= 0.6 is 0 Å². The molecule has 0 amide bonds. The van der Waals surface area contributed by atoms with Gasteiger partial charge in [0.25, 0.3) is 0 Å². The van der Waals surface area contributed by atoms with Gasteiger partial charge in [0.1, 0.15) is 0 Å². The van der Waals surface area contributed by atoms with Gasteiger partial charge in [-0.2, -0.15) is 0 Å². The number of hydrogen-bond acceptors (Lipinski definition) is 4. The lowest BCUT2D eigenvalue weighted by Crippen LogP contribution is -2.17. The van der Waals surface area contributed by atoms with Crippen LogP contribution in [-0.2, 0) is 14.6 Å². The normalized spacial score (nSPS) is 18.2. The van der Waals surface area contributed by atoms with E-state index in [1.54, 1.807) is 6.07 Å². The van der Waals surface area contributed by atoms with Crippen molar-refractivity contribution in [2.75, 3.05) is 25.2 Å². The number of anilines is 1. The van der Waals surface area contributed by atoms with Gasteiger partial charge in [0.05, 0.1) is 10.6 Å². The molecule has 1 heterocycles. The summed E-state index contributed by atoms with van der Waals surface area (Å²) in [7, 11) is -3.28. The molecule has 1 saturated heterocycles. The van der Waals surface area contributed by atoms with Gasteiger partial charge in [0.15, 0.2) is 9.84 Å². The van der Waals surface area contributed by atoms with Crippen molar-refractivity contribution in [2.45, 2.75) is 23.7 Å². The number of hydrogen-bond donors (Lipinski definition) is 1. The first-order valence-electron chi connectivity index (χ1n) is 5.66. The van der Waals surface area contributed by atoms with E-state index in [2.05, 4.69) is 0 Å². The third-order valence-corrected chi connectivity index (χ3v) is 4.32. The van der Waals surface area contributed by atoms with Crippen molar-refractivity contribution < 1.29 is 13.2 Å². The lowest BCUT2D eigenvalue weighted by molar-refractivity contribution is 0.0848. The fourth-order valence-electron chi connectivity index (χ4n) is 2.33. The molecule has 0 radical (unpaired) electrons. The second-order valence-corrected chi connectivity index (χ2v) is 6.38. The van der Waals surface area contributed by atoms with Crippen LogP contribution in [0.1, 0.15) is 24.3 Å². The Morgan fingerprint density at radius 3 is 2.53 bits per heavy atom. The maximum atomic E-state index is 11.8. The van der Waals surface area contributed by atoms with E-state index in [0.717, 1.165) is 18.4 Å². The Kier molecular flexibility index (Phi) is 3.40. The maximum absolute atomic E-state index is 11.8. The second kappa shape index (κ2) is 4.66. The Morgan fingerprint density at radius 1 is 1.29 bits per heavy atom. The molecule has 0 spiro atoms. The summed E-state index contributed by atoms with van der Waals surface area (Å²) in [6, 6.07) is 5.32. The zero-order chi connectivity index (χ0) is 12.5. The van der Waals surface area contributed by atoms with E-state index in [1.807, 2.05) is 12.1 Å². The first-order valence-corrected chi connectivity index (χ1v) is 7.55. The molecule has 5 heteroatoms. The molecular weight excluding hydrogens is 238 g/mol. The van der Waals surface area contributed by atoms with Gasteiger partial charge in [0, 0.05) is 19.5 Å². The van der Waals surface area contributed by atoms with Gasteiger partial charge in [0.2, 0.25) is 0 Å². The van der Waals surface area contributed by atoms with Crippen molar-refractivity contribution in [3.8, 4) is 0 Å². The summed E-state index contributed by atoms with van der Waals surface area (Å²) in [5.74, 6) is 0.233. The van der Waals surface area contributed by atoms with Crippen LogP contribution in [0, 0.1) is 0 Å². The van der Waals surface area contributed by atoms with Gasteiger partial charge in [-0.3, -0.25) is 0 Å². The minimum Gasteiger partial charge on any atom is -0.398 e. The van der Waals surface area contributed by atoms with Crippen LogP contribution in [0.25, 0.3) is 0 Å². The molecule has 1 aromatic rings. The summed E-state index contributed by atoms with van der Waals surface area (Å²) in [5, 5.41) is 0. The van der Waals surface area contributed by atoms with E-state index in [4.69, 9.17) is 10.5 Å². The van der Waals surface area contributed by atoms with Crippen LogP contribution in [0.15, 0.2) is 23.1 Å². The minimum absolute atomic E-state index is 0.233. The summed E-state index contributed by atoms with van der Waals surface area (Å²) in [5.41, 5.74) is 6.99. The van der Waals surface area contributed by atoms with Gasteiger partial charge in [-0.15, -0.1) is 0 Å². The SMILES string of the molecule is CS(=O)(=O)c1c(N)cccc1C1CCOCC1. The van der Waals surface area contributed by atoms with Gasteiger partial charge < -0.3 is 10.5 Å². The lowest BCUT2D eigenvalue weighted by Gasteiger charge is -2.24. The molecule has 0 aromatic heterocycles. The molecule has 1 fully saturated rings. The number of rotatable bonds is 2. The van der Waals surface area contributed by atoms with Crippen LogP contribution in [0.4, 0.5) is 5.69 Å². The molecule has 0 bridgehead atoms. The average molecular weight is 255 g/mol. The zero-order valence-corrected chi connectivity index (χ0v) is 10.7. The highest BCUT2D eigenvalue weighted by molar-refractivity contribution is 7.91. The average Bonchev–Trinajstić information content (AvgIpc) is 2.28. The van der Waals surface area contributed by atoms with Crippen molar-refractivity contribution in [3.05, 3.63) is 23.8 Å². The highest BCUT2D eigenvalue weighted by Gasteiger charge is 2.24. The molecule has 1 aromatic carbocycles. The van der Waals surface area contributed by atoms with Gasteiger partial charge >= 0.3 is 0 Å². The number of nitrogen functional groups attached to an aromatic ring is 1. The summed E-state index contributed by atoms with van der Waals surface area (Å²) < 4.78 is 28.9. The molecule has 94 valence electrons. The van der Waals surface area contributed by atoms with Crippen LogP contribution in [0.3, 0.4) is 0 Å². The van der Waals surface area contributed by atoms with Gasteiger partial charge in [-0.25, -0.2) is 8.42 Å². The van der Waals surface area contributed by atoms with Crippen LogP contribution in [0.5, 0.6) is 0 Å². The van der Waals surface area contributed by atoms with Crippen molar-refractivity contribution >= 4 is 15.5 Å². The van der Waals surface area contributed by atoms with Crippen LogP contribution < -0.4 is 5.73 Å². The smallest absolute Gasteiger partial charge is 0.177 e. The van der Waals surface area contributed by atoms with Crippen LogP contribution in [0.2, 0.25) is 0 Å². The second-order valence-electron chi connectivity index (χ2n) is 4.42. The van der Waals surface area contributed by atoms with E-state index in [0.29, 0.717) is 23.8 Å². The van der Waals surface area contributed by atoms with Crippen molar-refractivity contribution in [1.82, 2.24) is 0 Å². The molecule has 0 atom stereocenters. The fourth-order valence-corrected chi connectivity index (χ4v) is 3.49. The number of ether oxygens (including phenoxy) is 1. The fraction of sp³-hybridized carbons (Fsp3) is 0.500. The molecule has 0 aliphatic carbocycles. The molecule has 2 rings (SSSR count). The lowest BCUT2D eigenvalue weighted by atomic mass is 9.91. The first kappa shape index (κ1) is 12.4. The summed E-state index contributed by atoms with van der Waals surface area (Å²) in [4.78, 5) is 0.298. The van der Waals surface area contributed by atoms with E-state index in [9.17, 15) is 8.42 Å². The number of sulfone groups is 1. The predicted molar refractivity (Wildman–Crippen MR) is 66.8 cm³/mol. The molecule has 1 aliphatic heterocycles. The highest BCUT2D eigenvalue weighted by atomic mass is 32.2. The Bertz CT molecular complexity index is 504. The topological polar surface area (TPSA) is 69.4 Å². The Balaban J connectivity index is 2.49. The van der Waals surface area contributed by atoms with E-state index in [1.165, 1.54) is 6.26 Å². The highest BCUT2D eigenvalue weighted by Crippen LogP contribution is 2.34. The minimum atomic E-state index is -3.28. The largest absolute Gasteiger partial charge is 0.398 e. The van der Waals surface area contributed by atoms with E-state index < -0.39 is 9.84 Å². The molecule has 2 N–H and O–H groups in total. The predicted octanol–water partition coefficient (Wildman–Crippen LogP) is 1.57. The third kappa shape index (κ3) is 2.61. The molecule has 4 nitrogen and oxygen atoms in total. The molecule has 0 unspecified atom stereocenters. The van der Waals surface area contributed by atoms with Crippen molar-refractivity contribution in [2.24, 2.45) is 0 Å².